The second kappa shape index (κ2) is 10.0. The number of amides is 1. The molecule has 7 heteroatoms. The summed E-state index contributed by atoms with van der Waals surface area (Å²) in [6.07, 6.45) is 1.81. The summed E-state index contributed by atoms with van der Waals surface area (Å²) in [4.78, 5) is 43.8. The average molecular weight is 451 g/mol. The van der Waals surface area contributed by atoms with E-state index in [9.17, 15) is 14.4 Å². The van der Waals surface area contributed by atoms with Crippen molar-refractivity contribution in [3.63, 3.8) is 0 Å². The smallest absolute Gasteiger partial charge is 0.268 e. The molecule has 1 aliphatic carbocycles. The monoisotopic (exact) mass is 450 g/mol. The second-order valence-corrected chi connectivity index (χ2v) is 9.48. The van der Waals surface area contributed by atoms with Crippen molar-refractivity contribution in [3.8, 4) is 5.69 Å². The molecule has 1 aromatic heterocycles. The van der Waals surface area contributed by atoms with Crippen LogP contribution in [0.3, 0.4) is 0 Å². The molecule has 176 valence electrons. The van der Waals surface area contributed by atoms with Crippen molar-refractivity contribution in [2.45, 2.75) is 39.0 Å². The Balaban J connectivity index is 1.61. The highest BCUT2D eigenvalue weighted by molar-refractivity contribution is 6.01. The first-order chi connectivity index (χ1) is 15.8. The van der Waals surface area contributed by atoms with E-state index in [-0.39, 0.29) is 16.9 Å². The Bertz CT molecular complexity index is 1080. The molecule has 2 aromatic rings. The molecule has 2 heterocycles. The predicted octanol–water partition coefficient (Wildman–Crippen LogP) is 2.46. The number of nitrogens with one attached hydrogen (secondary N) is 1. The maximum absolute atomic E-state index is 13.5. The number of fused-ring (bicyclic) bond motifs is 1. The molecule has 0 unspecified atom stereocenters. The van der Waals surface area contributed by atoms with Gasteiger partial charge in [-0.25, -0.2) is 0 Å². The number of pyridine rings is 1. The number of hydrogen-bond acceptors (Lipinski definition) is 5. The molecule has 0 saturated carbocycles. The molecule has 0 radical (unpaired) electrons. The Labute approximate surface area is 195 Å². The Morgan fingerprint density at radius 2 is 1.73 bits per heavy atom. The van der Waals surface area contributed by atoms with Gasteiger partial charge in [0, 0.05) is 62.6 Å². The summed E-state index contributed by atoms with van der Waals surface area (Å²) in [6.45, 7) is 9.42. The zero-order valence-electron chi connectivity index (χ0n) is 19.9. The summed E-state index contributed by atoms with van der Waals surface area (Å²) in [7, 11) is 2.11. The van der Waals surface area contributed by atoms with E-state index < -0.39 is 5.91 Å². The van der Waals surface area contributed by atoms with Crippen LogP contribution in [0.2, 0.25) is 0 Å². The lowest BCUT2D eigenvalue weighted by molar-refractivity contribution is 0.0939. The lowest BCUT2D eigenvalue weighted by atomic mass is 9.92. The summed E-state index contributed by atoms with van der Waals surface area (Å²) in [5.41, 5.74) is 2.76. The van der Waals surface area contributed by atoms with E-state index >= 15 is 0 Å². The molecule has 1 amide bonds. The number of likely N-dealkylation sites (N-methyl/N-ethyl adjacent to an activating group) is 1. The van der Waals surface area contributed by atoms with Crippen molar-refractivity contribution in [1.29, 1.82) is 0 Å². The van der Waals surface area contributed by atoms with Crippen LogP contribution in [0.15, 0.2) is 35.1 Å². The molecule has 0 spiro atoms. The quantitative estimate of drug-likeness (QED) is 0.732. The third kappa shape index (κ3) is 5.09. The minimum atomic E-state index is -0.414. The van der Waals surface area contributed by atoms with Crippen LogP contribution in [0.1, 0.15) is 64.6 Å². The van der Waals surface area contributed by atoms with E-state index in [0.29, 0.717) is 48.7 Å². The van der Waals surface area contributed by atoms with E-state index in [1.165, 1.54) is 11.6 Å². The van der Waals surface area contributed by atoms with Crippen molar-refractivity contribution in [2.24, 2.45) is 0 Å². The SMILES string of the molecule is CC(C)c1ccc(-n2c3c(cc(C(=O)NCCN4CCN(C)CC4)c2=O)C(=O)CCC3)cc1. The van der Waals surface area contributed by atoms with Crippen molar-refractivity contribution in [1.82, 2.24) is 19.7 Å². The molecule has 7 nitrogen and oxygen atoms in total. The maximum Gasteiger partial charge on any atom is 0.268 e. The molecule has 0 atom stereocenters. The Morgan fingerprint density at radius 1 is 1.03 bits per heavy atom. The highest BCUT2D eigenvalue weighted by atomic mass is 16.2. The number of Topliss-reactive ketones (excluding diaryl/α,β-unsaturated/α-hetero) is 1. The van der Waals surface area contributed by atoms with E-state index in [4.69, 9.17) is 0 Å². The van der Waals surface area contributed by atoms with Gasteiger partial charge in [0.15, 0.2) is 5.78 Å². The molecular formula is C26H34N4O3. The van der Waals surface area contributed by atoms with Crippen molar-refractivity contribution >= 4 is 11.7 Å². The Hall–Kier alpha value is -2.77. The number of hydrogen-bond donors (Lipinski definition) is 1. The first-order valence-corrected chi connectivity index (χ1v) is 12.0. The fourth-order valence-electron chi connectivity index (χ4n) is 4.63. The highest BCUT2D eigenvalue weighted by Crippen LogP contribution is 2.24. The summed E-state index contributed by atoms with van der Waals surface area (Å²) < 4.78 is 1.58. The normalized spacial score (nSPS) is 17.3. The minimum Gasteiger partial charge on any atom is -0.351 e. The molecule has 1 aliphatic heterocycles. The lowest BCUT2D eigenvalue weighted by Crippen LogP contribution is -2.47. The minimum absolute atomic E-state index is 0.00436. The van der Waals surface area contributed by atoms with Gasteiger partial charge in [0.2, 0.25) is 0 Å². The van der Waals surface area contributed by atoms with Gasteiger partial charge in [-0.05, 0) is 49.6 Å². The molecule has 0 bridgehead atoms. The van der Waals surface area contributed by atoms with Gasteiger partial charge in [-0.2, -0.15) is 0 Å². The fourth-order valence-corrected chi connectivity index (χ4v) is 4.63. The average Bonchev–Trinajstić information content (AvgIpc) is 2.80. The number of carbonyl (C=O) groups excluding carboxylic acids is 2. The first kappa shape index (κ1) is 23.4. The van der Waals surface area contributed by atoms with Crippen LogP contribution in [0.25, 0.3) is 5.69 Å². The van der Waals surface area contributed by atoms with Crippen LogP contribution < -0.4 is 10.9 Å². The molecule has 1 fully saturated rings. The molecular weight excluding hydrogens is 416 g/mol. The standard InChI is InChI=1S/C26H34N4O3/c1-18(2)19-7-9-20(10-8-19)30-23-5-4-6-24(31)21(23)17-22(26(30)33)25(32)27-11-12-29-15-13-28(3)14-16-29/h7-10,17-18H,4-6,11-16H2,1-3H3,(H,27,32). The van der Waals surface area contributed by atoms with E-state index in [2.05, 4.69) is 36.0 Å². The number of carbonyl (C=O) groups is 2. The fraction of sp³-hybridized carbons (Fsp3) is 0.500. The van der Waals surface area contributed by atoms with Gasteiger partial charge in [-0.3, -0.25) is 23.9 Å². The molecule has 1 aromatic carbocycles. The second-order valence-electron chi connectivity index (χ2n) is 9.48. The molecule has 1 saturated heterocycles. The van der Waals surface area contributed by atoms with Gasteiger partial charge in [-0.15, -0.1) is 0 Å². The highest BCUT2D eigenvalue weighted by Gasteiger charge is 2.26. The largest absolute Gasteiger partial charge is 0.351 e. The van der Waals surface area contributed by atoms with Crippen LogP contribution in [-0.2, 0) is 6.42 Å². The maximum atomic E-state index is 13.5. The molecule has 33 heavy (non-hydrogen) atoms. The van der Waals surface area contributed by atoms with E-state index in [1.807, 2.05) is 24.3 Å². The summed E-state index contributed by atoms with van der Waals surface area (Å²) in [5, 5.41) is 2.90. The number of rotatable bonds is 6. The van der Waals surface area contributed by atoms with E-state index in [0.717, 1.165) is 32.7 Å². The first-order valence-electron chi connectivity index (χ1n) is 12.0. The van der Waals surface area contributed by atoms with Gasteiger partial charge in [0.05, 0.1) is 0 Å². The summed E-state index contributed by atoms with van der Waals surface area (Å²) >= 11 is 0. The van der Waals surface area contributed by atoms with Crippen molar-refractivity contribution in [2.75, 3.05) is 46.3 Å². The lowest BCUT2D eigenvalue weighted by Gasteiger charge is -2.32. The van der Waals surface area contributed by atoms with Crippen LogP contribution in [0.5, 0.6) is 0 Å². The number of nitrogens with zero attached hydrogens (tertiary/aromatic N) is 3. The molecule has 2 aliphatic rings. The van der Waals surface area contributed by atoms with Gasteiger partial charge >= 0.3 is 0 Å². The zero-order chi connectivity index (χ0) is 23.5. The van der Waals surface area contributed by atoms with Gasteiger partial charge < -0.3 is 10.2 Å². The van der Waals surface area contributed by atoms with Crippen LogP contribution in [0.4, 0.5) is 0 Å². The van der Waals surface area contributed by atoms with E-state index in [1.54, 1.807) is 4.57 Å². The Kier molecular flexibility index (Phi) is 7.10. The summed E-state index contributed by atoms with van der Waals surface area (Å²) in [6, 6.07) is 9.35. The number of piperazine rings is 1. The van der Waals surface area contributed by atoms with Crippen molar-refractivity contribution < 1.29 is 9.59 Å². The predicted molar refractivity (Wildman–Crippen MR) is 130 cm³/mol. The molecule has 1 N–H and O–H groups in total. The van der Waals surface area contributed by atoms with Gasteiger partial charge in [0.25, 0.3) is 11.5 Å². The van der Waals surface area contributed by atoms with Gasteiger partial charge in [-0.1, -0.05) is 26.0 Å². The number of aromatic nitrogens is 1. The topological polar surface area (TPSA) is 74.7 Å². The van der Waals surface area contributed by atoms with Crippen molar-refractivity contribution in [3.05, 3.63) is 63.1 Å². The summed E-state index contributed by atoms with van der Waals surface area (Å²) in [5.74, 6) is -0.0400. The zero-order valence-corrected chi connectivity index (χ0v) is 19.9. The van der Waals surface area contributed by atoms with Gasteiger partial charge in [0.1, 0.15) is 5.56 Å². The molecule has 4 rings (SSSR count). The Morgan fingerprint density at radius 3 is 2.39 bits per heavy atom. The third-order valence-electron chi connectivity index (χ3n) is 6.79. The van der Waals surface area contributed by atoms with Crippen LogP contribution >= 0.6 is 0 Å². The van der Waals surface area contributed by atoms with Crippen LogP contribution in [0, 0.1) is 0 Å². The van der Waals surface area contributed by atoms with Crippen LogP contribution in [-0.4, -0.2) is 72.4 Å². The number of ketones is 1. The third-order valence-corrected chi connectivity index (χ3v) is 6.79. The number of benzene rings is 1.